The van der Waals surface area contributed by atoms with Crippen LogP contribution in [0.2, 0.25) is 0 Å². The summed E-state index contributed by atoms with van der Waals surface area (Å²) in [6.45, 7) is 6.04. The van der Waals surface area contributed by atoms with Gasteiger partial charge in [0.15, 0.2) is 0 Å². The Morgan fingerprint density at radius 2 is 1.97 bits per heavy atom. The maximum absolute atomic E-state index is 13.5. The molecule has 2 heterocycles. The van der Waals surface area contributed by atoms with Gasteiger partial charge in [-0.15, -0.1) is 0 Å². The minimum Gasteiger partial charge on any atom is -0.489 e. The fourth-order valence-electron chi connectivity index (χ4n) is 4.01. The average molecular weight is 420 g/mol. The van der Waals surface area contributed by atoms with E-state index >= 15 is 0 Å². The molecule has 1 unspecified atom stereocenters. The first-order valence-corrected chi connectivity index (χ1v) is 10.1. The van der Waals surface area contributed by atoms with Crippen molar-refractivity contribution in [1.82, 2.24) is 9.88 Å². The number of alkyl halides is 3. The Hall–Kier alpha value is -2.41. The third-order valence-electron chi connectivity index (χ3n) is 5.50. The summed E-state index contributed by atoms with van der Waals surface area (Å²) < 4.78 is 46.5. The predicted octanol–water partition coefficient (Wildman–Crippen LogP) is 5.24. The average Bonchev–Trinajstić information content (AvgIpc) is 2.67. The van der Waals surface area contributed by atoms with Crippen molar-refractivity contribution in [3.63, 3.8) is 0 Å². The molecule has 1 atom stereocenters. The van der Waals surface area contributed by atoms with Gasteiger partial charge in [0.05, 0.1) is 11.6 Å². The summed E-state index contributed by atoms with van der Waals surface area (Å²) in [7, 11) is 0. The Labute approximate surface area is 175 Å². The smallest absolute Gasteiger partial charge is 0.416 e. The van der Waals surface area contributed by atoms with Gasteiger partial charge in [0.1, 0.15) is 18.1 Å². The molecule has 0 aliphatic carbocycles. The molecule has 2 aromatic rings. The predicted molar refractivity (Wildman–Crippen MR) is 108 cm³/mol. The molecule has 0 bridgehead atoms. The van der Waals surface area contributed by atoms with Crippen LogP contribution in [-0.2, 0) is 24.1 Å². The molecule has 162 valence electrons. The third kappa shape index (κ3) is 5.39. The first-order valence-electron chi connectivity index (χ1n) is 10.1. The van der Waals surface area contributed by atoms with Crippen LogP contribution in [-0.4, -0.2) is 28.3 Å². The molecule has 1 aromatic carbocycles. The van der Waals surface area contributed by atoms with Crippen molar-refractivity contribution in [2.45, 2.75) is 65.4 Å². The minimum atomic E-state index is -4.44. The second-order valence-electron chi connectivity index (χ2n) is 8.02. The van der Waals surface area contributed by atoms with Crippen molar-refractivity contribution >= 4 is 5.78 Å². The summed E-state index contributed by atoms with van der Waals surface area (Å²) in [6, 6.07) is 4.29. The van der Waals surface area contributed by atoms with Crippen LogP contribution >= 0.6 is 0 Å². The van der Waals surface area contributed by atoms with Gasteiger partial charge in [-0.3, -0.25) is 14.7 Å². The molecule has 0 spiro atoms. The van der Waals surface area contributed by atoms with Crippen LogP contribution in [0.5, 0.6) is 5.75 Å². The number of pyridine rings is 1. The van der Waals surface area contributed by atoms with Gasteiger partial charge in [-0.2, -0.15) is 13.2 Å². The number of halogens is 3. The Bertz CT molecular complexity index is 912. The molecule has 7 heteroatoms. The normalized spacial score (nSPS) is 17.7. The molecule has 4 nitrogen and oxygen atoms in total. The zero-order valence-corrected chi connectivity index (χ0v) is 17.6. The summed E-state index contributed by atoms with van der Waals surface area (Å²) in [5, 5.41) is 0. The van der Waals surface area contributed by atoms with E-state index < -0.39 is 11.7 Å². The van der Waals surface area contributed by atoms with Crippen LogP contribution in [0.25, 0.3) is 0 Å². The van der Waals surface area contributed by atoms with E-state index in [2.05, 4.69) is 4.98 Å². The molecular formula is C23H27F3N2O2. The fraction of sp³-hybridized carbons (Fsp3) is 0.478. The number of benzene rings is 1. The number of piperidine rings is 1. The standard InChI is InChI=1S/C23H27F3N2O2/c1-15-8-18(12-27-11-15)14-30-22-9-16(2)20(23(24,25)26)10-19(22)13-28-7-5-4-6-21(28)17(3)29/h8-12,21H,4-7,13-14H2,1-3H3. The van der Waals surface area contributed by atoms with Crippen molar-refractivity contribution < 1.29 is 22.7 Å². The number of rotatable bonds is 6. The van der Waals surface area contributed by atoms with Crippen LogP contribution in [0.15, 0.2) is 30.6 Å². The zero-order chi connectivity index (χ0) is 21.9. The first-order chi connectivity index (χ1) is 14.1. The zero-order valence-electron chi connectivity index (χ0n) is 17.6. The minimum absolute atomic E-state index is 0.0474. The lowest BCUT2D eigenvalue weighted by molar-refractivity contribution is -0.138. The van der Waals surface area contributed by atoms with Gasteiger partial charge in [-0.1, -0.05) is 6.42 Å². The SMILES string of the molecule is CC(=O)C1CCCCN1Cc1cc(C(F)(F)F)c(C)cc1OCc1cncc(C)c1. The maximum atomic E-state index is 13.5. The van der Waals surface area contributed by atoms with Crippen LogP contribution in [0.4, 0.5) is 13.2 Å². The van der Waals surface area contributed by atoms with Crippen LogP contribution in [0.1, 0.15) is 54.0 Å². The molecule has 1 aromatic heterocycles. The van der Waals surface area contributed by atoms with E-state index in [1.165, 1.54) is 19.1 Å². The number of hydrogen-bond donors (Lipinski definition) is 0. The monoisotopic (exact) mass is 420 g/mol. The van der Waals surface area contributed by atoms with E-state index in [-0.39, 0.29) is 30.5 Å². The lowest BCUT2D eigenvalue weighted by Crippen LogP contribution is -2.43. The molecule has 0 saturated carbocycles. The highest BCUT2D eigenvalue weighted by Crippen LogP contribution is 2.37. The maximum Gasteiger partial charge on any atom is 0.416 e. The van der Waals surface area contributed by atoms with E-state index in [9.17, 15) is 18.0 Å². The Morgan fingerprint density at radius 3 is 2.63 bits per heavy atom. The molecule has 1 aliphatic heterocycles. The van der Waals surface area contributed by atoms with Crippen molar-refractivity contribution in [3.8, 4) is 5.75 Å². The molecule has 1 saturated heterocycles. The van der Waals surface area contributed by atoms with Gasteiger partial charge in [-0.05, 0) is 69.5 Å². The molecule has 0 amide bonds. The number of ketones is 1. The van der Waals surface area contributed by atoms with Crippen molar-refractivity contribution in [1.29, 1.82) is 0 Å². The van der Waals surface area contributed by atoms with Gasteiger partial charge in [0, 0.05) is 30.1 Å². The molecule has 1 fully saturated rings. The highest BCUT2D eigenvalue weighted by Gasteiger charge is 2.34. The summed E-state index contributed by atoms with van der Waals surface area (Å²) in [4.78, 5) is 18.1. The van der Waals surface area contributed by atoms with E-state index in [4.69, 9.17) is 4.74 Å². The Kier molecular flexibility index (Phi) is 6.81. The molecular weight excluding hydrogens is 393 g/mol. The number of aryl methyl sites for hydroxylation is 2. The number of carbonyl (C=O) groups excluding carboxylic acids is 1. The summed E-state index contributed by atoms with van der Waals surface area (Å²) in [6.07, 6.45) is 1.58. The molecule has 30 heavy (non-hydrogen) atoms. The number of Topliss-reactive ketones (excluding diaryl/α,β-unsaturated/α-hetero) is 1. The van der Waals surface area contributed by atoms with Gasteiger partial charge >= 0.3 is 6.18 Å². The van der Waals surface area contributed by atoms with Gasteiger partial charge in [0.25, 0.3) is 0 Å². The van der Waals surface area contributed by atoms with Crippen molar-refractivity contribution in [2.75, 3.05) is 6.54 Å². The quantitative estimate of drug-likeness (QED) is 0.641. The first kappa shape index (κ1) is 22.3. The largest absolute Gasteiger partial charge is 0.489 e. The number of likely N-dealkylation sites (tertiary alicyclic amines) is 1. The van der Waals surface area contributed by atoms with Crippen molar-refractivity contribution in [3.05, 3.63) is 58.4 Å². The van der Waals surface area contributed by atoms with Gasteiger partial charge in [-0.25, -0.2) is 0 Å². The second kappa shape index (κ2) is 9.16. The van der Waals surface area contributed by atoms with Crippen molar-refractivity contribution in [2.24, 2.45) is 0 Å². The Morgan fingerprint density at radius 1 is 1.20 bits per heavy atom. The van der Waals surface area contributed by atoms with Crippen LogP contribution in [0, 0.1) is 13.8 Å². The lowest BCUT2D eigenvalue weighted by atomic mass is 9.97. The molecule has 1 aliphatic rings. The lowest BCUT2D eigenvalue weighted by Gasteiger charge is -2.34. The van der Waals surface area contributed by atoms with Crippen LogP contribution < -0.4 is 4.74 Å². The number of ether oxygens (including phenoxy) is 1. The fourth-order valence-corrected chi connectivity index (χ4v) is 4.01. The summed E-state index contributed by atoms with van der Waals surface area (Å²) in [5.41, 5.74) is 1.72. The second-order valence-corrected chi connectivity index (χ2v) is 8.02. The highest BCUT2D eigenvalue weighted by atomic mass is 19.4. The van der Waals surface area contributed by atoms with E-state index in [1.54, 1.807) is 19.3 Å². The third-order valence-corrected chi connectivity index (χ3v) is 5.50. The van der Waals surface area contributed by atoms with Gasteiger partial charge < -0.3 is 4.74 Å². The van der Waals surface area contributed by atoms with E-state index in [1.807, 2.05) is 17.9 Å². The van der Waals surface area contributed by atoms with E-state index in [0.717, 1.165) is 30.4 Å². The summed E-state index contributed by atoms with van der Waals surface area (Å²) in [5.74, 6) is 0.459. The number of nitrogens with zero attached hydrogens (tertiary/aromatic N) is 2. The number of aromatic nitrogens is 1. The van der Waals surface area contributed by atoms with E-state index in [0.29, 0.717) is 17.9 Å². The topological polar surface area (TPSA) is 42.4 Å². The number of hydrogen-bond acceptors (Lipinski definition) is 4. The van der Waals surface area contributed by atoms with Gasteiger partial charge in [0.2, 0.25) is 0 Å². The van der Waals surface area contributed by atoms with Crippen LogP contribution in [0.3, 0.4) is 0 Å². The summed E-state index contributed by atoms with van der Waals surface area (Å²) >= 11 is 0. The molecule has 0 radical (unpaired) electrons. The molecule has 0 N–H and O–H groups in total. The Balaban J connectivity index is 1.92. The number of carbonyl (C=O) groups is 1. The highest BCUT2D eigenvalue weighted by molar-refractivity contribution is 5.81. The molecule has 3 rings (SSSR count).